The fourth-order valence-corrected chi connectivity index (χ4v) is 2.26. The third-order valence-corrected chi connectivity index (χ3v) is 3.44. The highest BCUT2D eigenvalue weighted by molar-refractivity contribution is 6.33. The number of nitrogens with one attached hydrogen (secondary N) is 1. The minimum absolute atomic E-state index is 0.0602. The summed E-state index contributed by atoms with van der Waals surface area (Å²) in [6, 6.07) is 6.99. The normalized spacial score (nSPS) is 23.0. The van der Waals surface area contributed by atoms with Crippen LogP contribution >= 0.6 is 11.6 Å². The van der Waals surface area contributed by atoms with Crippen LogP contribution in [0.4, 0.5) is 0 Å². The Morgan fingerprint density at radius 1 is 1.50 bits per heavy atom. The Labute approximate surface area is 111 Å². The lowest BCUT2D eigenvalue weighted by Gasteiger charge is -2.11. The lowest BCUT2D eigenvalue weighted by Crippen LogP contribution is -2.32. The molecule has 1 aliphatic heterocycles. The second-order valence-corrected chi connectivity index (χ2v) is 4.89. The highest BCUT2D eigenvalue weighted by atomic mass is 35.5. The molecule has 1 aromatic carbocycles. The van der Waals surface area contributed by atoms with Crippen molar-refractivity contribution < 1.29 is 9.53 Å². The van der Waals surface area contributed by atoms with Gasteiger partial charge in [0.2, 0.25) is 0 Å². The third-order valence-electron chi connectivity index (χ3n) is 3.11. The Bertz CT molecular complexity index is 425. The number of carbonyl (C=O) groups excluding carboxylic acids is 1. The Hall–Kier alpha value is -1.10. The van der Waals surface area contributed by atoms with Crippen molar-refractivity contribution in [2.24, 2.45) is 11.7 Å². The van der Waals surface area contributed by atoms with Gasteiger partial charge in [-0.1, -0.05) is 23.7 Å². The molecule has 0 radical (unpaired) electrons. The number of hydrogen-bond donors (Lipinski definition) is 2. The van der Waals surface area contributed by atoms with Gasteiger partial charge in [0.1, 0.15) is 0 Å². The van der Waals surface area contributed by atoms with Gasteiger partial charge in [-0.3, -0.25) is 4.79 Å². The number of benzene rings is 1. The van der Waals surface area contributed by atoms with Gasteiger partial charge in [-0.05, 0) is 31.0 Å². The molecule has 0 bridgehead atoms. The summed E-state index contributed by atoms with van der Waals surface area (Å²) >= 11 is 5.95. The van der Waals surface area contributed by atoms with E-state index in [0.29, 0.717) is 36.2 Å². The molecule has 5 heteroatoms. The van der Waals surface area contributed by atoms with E-state index in [2.05, 4.69) is 5.32 Å². The number of hydrogen-bond acceptors (Lipinski definition) is 3. The largest absolute Gasteiger partial charge is 0.376 e. The molecule has 1 fully saturated rings. The Morgan fingerprint density at radius 3 is 2.94 bits per heavy atom. The molecular weight excluding hydrogens is 252 g/mol. The van der Waals surface area contributed by atoms with Crippen LogP contribution < -0.4 is 11.1 Å². The molecule has 1 aromatic rings. The number of halogens is 1. The summed E-state index contributed by atoms with van der Waals surface area (Å²) in [6.07, 6.45) is 0.962. The summed E-state index contributed by atoms with van der Waals surface area (Å²) in [5.74, 6) is 0.243. The average Bonchev–Trinajstić information content (AvgIpc) is 2.84. The summed E-state index contributed by atoms with van der Waals surface area (Å²) in [7, 11) is 0. The summed E-state index contributed by atoms with van der Waals surface area (Å²) in [4.78, 5) is 11.9. The molecule has 1 amide bonds. The van der Waals surface area contributed by atoms with Crippen LogP contribution in [-0.4, -0.2) is 31.7 Å². The maximum atomic E-state index is 11.9. The first-order chi connectivity index (χ1) is 8.70. The van der Waals surface area contributed by atoms with Gasteiger partial charge in [0.15, 0.2) is 0 Å². The smallest absolute Gasteiger partial charge is 0.252 e. The van der Waals surface area contributed by atoms with Gasteiger partial charge in [0.05, 0.1) is 23.3 Å². The van der Waals surface area contributed by atoms with Gasteiger partial charge >= 0.3 is 0 Å². The van der Waals surface area contributed by atoms with Crippen molar-refractivity contribution in [3.05, 3.63) is 34.9 Å². The van der Waals surface area contributed by atoms with Gasteiger partial charge in [-0.15, -0.1) is 0 Å². The van der Waals surface area contributed by atoms with Gasteiger partial charge in [-0.25, -0.2) is 0 Å². The van der Waals surface area contributed by atoms with E-state index in [1.165, 1.54) is 0 Å². The highest BCUT2D eigenvalue weighted by Gasteiger charge is 2.24. The van der Waals surface area contributed by atoms with Gasteiger partial charge in [0, 0.05) is 6.54 Å². The first-order valence-electron chi connectivity index (χ1n) is 6.05. The van der Waals surface area contributed by atoms with E-state index in [1.807, 2.05) is 0 Å². The molecule has 3 N–H and O–H groups in total. The van der Waals surface area contributed by atoms with Crippen molar-refractivity contribution in [3.63, 3.8) is 0 Å². The van der Waals surface area contributed by atoms with Crippen LogP contribution in [0.2, 0.25) is 5.02 Å². The Balaban J connectivity index is 1.84. The quantitative estimate of drug-likeness (QED) is 0.868. The molecule has 4 nitrogen and oxygen atoms in total. The van der Waals surface area contributed by atoms with Crippen molar-refractivity contribution in [2.75, 3.05) is 19.7 Å². The van der Waals surface area contributed by atoms with Crippen molar-refractivity contribution >= 4 is 17.5 Å². The molecule has 0 aromatic heterocycles. The molecule has 98 valence electrons. The van der Waals surface area contributed by atoms with Crippen LogP contribution in [0.1, 0.15) is 16.8 Å². The second-order valence-electron chi connectivity index (χ2n) is 4.48. The van der Waals surface area contributed by atoms with E-state index >= 15 is 0 Å². The van der Waals surface area contributed by atoms with Crippen molar-refractivity contribution in [3.8, 4) is 0 Å². The van der Waals surface area contributed by atoms with E-state index < -0.39 is 0 Å². The van der Waals surface area contributed by atoms with Crippen LogP contribution in [0, 0.1) is 5.92 Å². The first kappa shape index (κ1) is 13.3. The van der Waals surface area contributed by atoms with Gasteiger partial charge in [-0.2, -0.15) is 0 Å². The Morgan fingerprint density at radius 2 is 2.28 bits per heavy atom. The number of amides is 1. The minimum Gasteiger partial charge on any atom is -0.376 e. The van der Waals surface area contributed by atoms with Crippen LogP contribution in [0.3, 0.4) is 0 Å². The predicted molar refractivity (Wildman–Crippen MR) is 70.7 cm³/mol. The van der Waals surface area contributed by atoms with Crippen molar-refractivity contribution in [1.29, 1.82) is 0 Å². The lowest BCUT2D eigenvalue weighted by molar-refractivity contribution is 0.0849. The summed E-state index contributed by atoms with van der Waals surface area (Å²) in [5, 5.41) is 3.30. The number of nitrogens with two attached hydrogens (primary N) is 1. The van der Waals surface area contributed by atoms with E-state index in [9.17, 15) is 4.79 Å². The van der Waals surface area contributed by atoms with Gasteiger partial charge < -0.3 is 15.8 Å². The molecule has 0 saturated carbocycles. The molecule has 2 rings (SSSR count). The lowest BCUT2D eigenvalue weighted by atomic mass is 10.1. The zero-order valence-corrected chi connectivity index (χ0v) is 10.8. The molecule has 0 spiro atoms. The fraction of sp³-hybridized carbons (Fsp3) is 0.462. The summed E-state index contributed by atoms with van der Waals surface area (Å²) in [5.41, 5.74) is 6.07. The van der Waals surface area contributed by atoms with E-state index in [-0.39, 0.29) is 12.0 Å². The van der Waals surface area contributed by atoms with E-state index in [4.69, 9.17) is 22.1 Å². The van der Waals surface area contributed by atoms with Crippen LogP contribution in [-0.2, 0) is 4.74 Å². The molecule has 0 aliphatic carbocycles. The van der Waals surface area contributed by atoms with Crippen LogP contribution in [0.25, 0.3) is 0 Å². The molecular formula is C13H17ClN2O2. The average molecular weight is 269 g/mol. The van der Waals surface area contributed by atoms with Crippen molar-refractivity contribution in [2.45, 2.75) is 12.5 Å². The molecule has 2 unspecified atom stereocenters. The first-order valence-corrected chi connectivity index (χ1v) is 6.43. The Kier molecular flexibility index (Phi) is 4.58. The number of carbonyl (C=O) groups is 1. The fourth-order valence-electron chi connectivity index (χ4n) is 2.03. The molecule has 2 atom stereocenters. The third kappa shape index (κ3) is 3.22. The predicted octanol–water partition coefficient (Wildman–Crippen LogP) is 1.43. The van der Waals surface area contributed by atoms with Crippen LogP contribution in [0.15, 0.2) is 24.3 Å². The molecule has 1 aliphatic rings. The summed E-state index contributed by atoms with van der Waals surface area (Å²) < 4.78 is 5.55. The van der Waals surface area contributed by atoms with E-state index in [1.54, 1.807) is 24.3 Å². The van der Waals surface area contributed by atoms with Crippen LogP contribution in [0.5, 0.6) is 0 Å². The monoisotopic (exact) mass is 268 g/mol. The van der Waals surface area contributed by atoms with E-state index in [0.717, 1.165) is 6.42 Å². The van der Waals surface area contributed by atoms with Crippen molar-refractivity contribution in [1.82, 2.24) is 5.32 Å². The molecule has 18 heavy (non-hydrogen) atoms. The molecule has 1 saturated heterocycles. The maximum Gasteiger partial charge on any atom is 0.252 e. The zero-order valence-electron chi connectivity index (χ0n) is 10.1. The number of ether oxygens (including phenoxy) is 1. The second kappa shape index (κ2) is 6.18. The standard InChI is InChI=1S/C13H17ClN2O2/c14-12-4-2-1-3-11(12)13(17)16-7-10-5-9(6-15)8-18-10/h1-4,9-10H,5-8,15H2,(H,16,17). The SMILES string of the molecule is NCC1COC(CNC(=O)c2ccccc2Cl)C1. The highest BCUT2D eigenvalue weighted by Crippen LogP contribution is 2.18. The van der Waals surface area contributed by atoms with Gasteiger partial charge in [0.25, 0.3) is 5.91 Å². The molecule has 1 heterocycles. The number of rotatable bonds is 4. The summed E-state index contributed by atoms with van der Waals surface area (Å²) in [6.45, 7) is 1.82. The minimum atomic E-state index is -0.166. The zero-order chi connectivity index (χ0) is 13.0. The topological polar surface area (TPSA) is 64.3 Å². The maximum absolute atomic E-state index is 11.9.